The van der Waals surface area contributed by atoms with Gasteiger partial charge in [-0.05, 0) is 54.3 Å². The summed E-state index contributed by atoms with van der Waals surface area (Å²) in [5.41, 5.74) is 0.542. The lowest BCUT2D eigenvalue weighted by atomic mass is 10.3. The van der Waals surface area contributed by atoms with Crippen LogP contribution in [0.15, 0.2) is 58.3 Å². The van der Waals surface area contributed by atoms with Crippen molar-refractivity contribution in [1.82, 2.24) is 0 Å². The number of thioether (sulfide) groups is 1. The Morgan fingerprint density at radius 3 is 2.20 bits per heavy atom. The lowest BCUT2D eigenvalue weighted by Gasteiger charge is -2.08. The minimum Gasteiger partial charge on any atom is -0.280 e. The van der Waals surface area contributed by atoms with Gasteiger partial charge in [0.25, 0.3) is 10.0 Å². The van der Waals surface area contributed by atoms with Crippen LogP contribution in [-0.4, -0.2) is 14.2 Å². The lowest BCUT2D eigenvalue weighted by Crippen LogP contribution is -2.12. The Morgan fingerprint density at radius 1 is 1.05 bits per heavy atom. The van der Waals surface area contributed by atoms with E-state index in [-0.39, 0.29) is 4.90 Å². The molecule has 0 aliphatic heterocycles. The van der Waals surface area contributed by atoms with Gasteiger partial charge >= 0.3 is 0 Å². The van der Waals surface area contributed by atoms with Crippen molar-refractivity contribution in [3.05, 3.63) is 53.6 Å². The Morgan fingerprint density at radius 2 is 1.65 bits per heavy atom. The molecule has 0 atom stereocenters. The van der Waals surface area contributed by atoms with Crippen molar-refractivity contribution >= 4 is 39.1 Å². The van der Waals surface area contributed by atoms with E-state index in [4.69, 9.17) is 11.6 Å². The molecule has 0 saturated carbocycles. The Balaban J connectivity index is 2.17. The maximum Gasteiger partial charge on any atom is 0.261 e. The summed E-state index contributed by atoms with van der Waals surface area (Å²) in [6.07, 6.45) is 0. The van der Waals surface area contributed by atoms with E-state index in [1.807, 2.05) is 12.1 Å². The third-order valence-electron chi connectivity index (χ3n) is 2.54. The monoisotopic (exact) mass is 327 g/mol. The highest BCUT2D eigenvalue weighted by atomic mass is 35.5. The minimum atomic E-state index is -3.57. The summed E-state index contributed by atoms with van der Waals surface area (Å²) in [7, 11) is -3.57. The molecule has 0 unspecified atom stereocenters. The van der Waals surface area contributed by atoms with Gasteiger partial charge in [0, 0.05) is 15.6 Å². The van der Waals surface area contributed by atoms with Gasteiger partial charge in [0.1, 0.15) is 0 Å². The zero-order valence-corrected chi connectivity index (χ0v) is 13.2. The Labute approximate surface area is 128 Å². The van der Waals surface area contributed by atoms with E-state index in [2.05, 4.69) is 11.6 Å². The third-order valence-corrected chi connectivity index (χ3v) is 5.08. The normalized spacial score (nSPS) is 11.3. The molecule has 0 aromatic heterocycles. The fraction of sp³-hybridized carbons (Fsp3) is 0.143. The molecule has 0 radical (unpaired) electrons. The highest BCUT2D eigenvalue weighted by Crippen LogP contribution is 2.22. The molecule has 2 aromatic rings. The Kier molecular flexibility index (Phi) is 4.96. The van der Waals surface area contributed by atoms with Crippen LogP contribution < -0.4 is 4.72 Å². The average molecular weight is 328 g/mol. The summed E-state index contributed by atoms with van der Waals surface area (Å²) in [6.45, 7) is 2.07. The number of anilines is 1. The first-order valence-electron chi connectivity index (χ1n) is 6.02. The highest BCUT2D eigenvalue weighted by Gasteiger charge is 2.13. The van der Waals surface area contributed by atoms with Crippen molar-refractivity contribution < 1.29 is 8.42 Å². The van der Waals surface area contributed by atoms with Gasteiger partial charge in [-0.2, -0.15) is 0 Å². The van der Waals surface area contributed by atoms with Crippen LogP contribution in [0.4, 0.5) is 5.69 Å². The second kappa shape index (κ2) is 6.52. The van der Waals surface area contributed by atoms with E-state index in [0.29, 0.717) is 10.7 Å². The second-order valence-corrected chi connectivity index (χ2v) is 7.47. The van der Waals surface area contributed by atoms with Crippen molar-refractivity contribution in [2.75, 3.05) is 10.5 Å². The molecule has 20 heavy (non-hydrogen) atoms. The first-order chi connectivity index (χ1) is 9.51. The largest absolute Gasteiger partial charge is 0.280 e. The molecule has 0 amide bonds. The van der Waals surface area contributed by atoms with Crippen molar-refractivity contribution in [3.8, 4) is 0 Å². The molecular formula is C14H14ClNO2S2. The zero-order valence-electron chi connectivity index (χ0n) is 10.8. The molecule has 0 fully saturated rings. The number of sulfonamides is 1. The first-order valence-corrected chi connectivity index (χ1v) is 8.87. The standard InChI is InChI=1S/C14H14ClNO2S2/c1-2-19-13-7-5-12(6-8-13)16-20(17,18)14-9-3-11(15)4-10-14/h3-10,16H,2H2,1H3. The molecule has 2 rings (SSSR count). The SMILES string of the molecule is CCSc1ccc(NS(=O)(=O)c2ccc(Cl)cc2)cc1. The quantitative estimate of drug-likeness (QED) is 0.835. The molecule has 0 spiro atoms. The molecule has 1 N–H and O–H groups in total. The minimum absolute atomic E-state index is 0.189. The van der Waals surface area contributed by atoms with Crippen LogP contribution in [0.1, 0.15) is 6.92 Å². The summed E-state index contributed by atoms with van der Waals surface area (Å²) in [5.74, 6) is 0.982. The second-order valence-electron chi connectivity index (χ2n) is 4.02. The Hall–Kier alpha value is -1.17. The zero-order chi connectivity index (χ0) is 14.6. The predicted octanol–water partition coefficient (Wildman–Crippen LogP) is 4.25. The van der Waals surface area contributed by atoms with Gasteiger partial charge in [-0.3, -0.25) is 4.72 Å². The summed E-state index contributed by atoms with van der Waals surface area (Å²) < 4.78 is 26.9. The van der Waals surface area contributed by atoms with E-state index >= 15 is 0 Å². The van der Waals surface area contributed by atoms with Gasteiger partial charge in [-0.25, -0.2) is 8.42 Å². The van der Waals surface area contributed by atoms with Crippen LogP contribution in [0.25, 0.3) is 0 Å². The molecule has 0 heterocycles. The van der Waals surface area contributed by atoms with Gasteiger partial charge in [-0.1, -0.05) is 18.5 Å². The smallest absolute Gasteiger partial charge is 0.261 e. The van der Waals surface area contributed by atoms with Crippen LogP contribution in [-0.2, 0) is 10.0 Å². The molecule has 0 aliphatic rings. The van der Waals surface area contributed by atoms with Crippen LogP contribution in [0, 0.1) is 0 Å². The number of halogens is 1. The maximum absolute atomic E-state index is 12.2. The maximum atomic E-state index is 12.2. The number of hydrogen-bond acceptors (Lipinski definition) is 3. The first kappa shape index (κ1) is 15.2. The van der Waals surface area contributed by atoms with Gasteiger partial charge in [0.05, 0.1) is 4.90 Å². The van der Waals surface area contributed by atoms with Crippen LogP contribution in [0.5, 0.6) is 0 Å². The number of benzene rings is 2. The lowest BCUT2D eigenvalue weighted by molar-refractivity contribution is 0.601. The van der Waals surface area contributed by atoms with Crippen LogP contribution in [0.3, 0.4) is 0 Å². The van der Waals surface area contributed by atoms with Gasteiger partial charge < -0.3 is 0 Å². The van der Waals surface area contributed by atoms with Crippen molar-refractivity contribution in [1.29, 1.82) is 0 Å². The van der Waals surface area contributed by atoms with Crippen LogP contribution >= 0.6 is 23.4 Å². The van der Waals surface area contributed by atoms with Gasteiger partial charge in [-0.15, -0.1) is 11.8 Å². The number of nitrogens with one attached hydrogen (secondary N) is 1. The van der Waals surface area contributed by atoms with Crippen molar-refractivity contribution in [2.24, 2.45) is 0 Å². The number of rotatable bonds is 5. The van der Waals surface area contributed by atoms with Crippen molar-refractivity contribution in [3.63, 3.8) is 0 Å². The highest BCUT2D eigenvalue weighted by molar-refractivity contribution is 7.99. The molecule has 0 saturated heterocycles. The summed E-state index contributed by atoms with van der Waals surface area (Å²) in [4.78, 5) is 1.30. The van der Waals surface area contributed by atoms with E-state index in [1.54, 1.807) is 36.0 Å². The van der Waals surface area contributed by atoms with E-state index in [0.717, 1.165) is 10.6 Å². The van der Waals surface area contributed by atoms with Gasteiger partial charge in [0.2, 0.25) is 0 Å². The molecule has 3 nitrogen and oxygen atoms in total. The predicted molar refractivity (Wildman–Crippen MR) is 85.1 cm³/mol. The van der Waals surface area contributed by atoms with Crippen LogP contribution in [0.2, 0.25) is 5.02 Å². The average Bonchev–Trinajstić information content (AvgIpc) is 2.41. The topological polar surface area (TPSA) is 46.2 Å². The fourth-order valence-electron chi connectivity index (χ4n) is 1.61. The fourth-order valence-corrected chi connectivity index (χ4v) is 3.46. The molecular weight excluding hydrogens is 314 g/mol. The van der Waals surface area contributed by atoms with Crippen molar-refractivity contribution in [2.45, 2.75) is 16.7 Å². The molecule has 2 aromatic carbocycles. The molecule has 0 bridgehead atoms. The molecule has 6 heteroatoms. The molecule has 0 aliphatic carbocycles. The van der Waals surface area contributed by atoms with Gasteiger partial charge in [0.15, 0.2) is 0 Å². The van der Waals surface area contributed by atoms with E-state index in [9.17, 15) is 8.42 Å². The number of hydrogen-bond donors (Lipinski definition) is 1. The summed E-state index contributed by atoms with van der Waals surface area (Å²) in [5, 5.41) is 0.505. The van der Waals surface area contributed by atoms with E-state index < -0.39 is 10.0 Å². The molecule has 106 valence electrons. The van der Waals surface area contributed by atoms with E-state index in [1.165, 1.54) is 12.1 Å². The third kappa shape index (κ3) is 3.91. The summed E-state index contributed by atoms with van der Waals surface area (Å²) in [6, 6.07) is 13.4. The summed E-state index contributed by atoms with van der Waals surface area (Å²) >= 11 is 7.46. The Bertz CT molecular complexity index is 667.